The van der Waals surface area contributed by atoms with E-state index in [0.29, 0.717) is 16.5 Å². The molecule has 0 radical (unpaired) electrons. The van der Waals surface area contributed by atoms with Gasteiger partial charge in [0.25, 0.3) is 5.69 Å². The van der Waals surface area contributed by atoms with Gasteiger partial charge in [0.05, 0.1) is 30.4 Å². The molecule has 11 heteroatoms. The largest absolute Gasteiger partial charge is 0.459 e. The topological polar surface area (TPSA) is 115 Å². The van der Waals surface area contributed by atoms with Crippen LogP contribution in [0.25, 0.3) is 11.3 Å². The lowest BCUT2D eigenvalue weighted by Crippen LogP contribution is -2.40. The van der Waals surface area contributed by atoms with Gasteiger partial charge < -0.3 is 14.5 Å². The molecule has 1 saturated heterocycles. The van der Waals surface area contributed by atoms with Gasteiger partial charge in [0.15, 0.2) is 0 Å². The summed E-state index contributed by atoms with van der Waals surface area (Å²) in [6.45, 7) is 1.12. The first-order chi connectivity index (χ1) is 15.3. The number of rotatable bonds is 7. The number of benzene rings is 2. The maximum absolute atomic E-state index is 13.2. The molecule has 1 aromatic heterocycles. The first-order valence-corrected chi connectivity index (χ1v) is 11.6. The molecule has 0 amide bonds. The van der Waals surface area contributed by atoms with E-state index < -0.39 is 14.9 Å². The Morgan fingerprint density at radius 1 is 1.06 bits per heavy atom. The van der Waals surface area contributed by atoms with E-state index in [4.69, 9.17) is 20.8 Å². The van der Waals surface area contributed by atoms with Crippen LogP contribution in [-0.4, -0.2) is 43.9 Å². The molecule has 1 aliphatic rings. The van der Waals surface area contributed by atoms with E-state index in [1.54, 1.807) is 18.2 Å². The molecule has 2 heterocycles. The van der Waals surface area contributed by atoms with E-state index in [-0.39, 0.29) is 49.1 Å². The first-order valence-electron chi connectivity index (χ1n) is 9.79. The molecule has 1 N–H and O–H groups in total. The van der Waals surface area contributed by atoms with Gasteiger partial charge in [-0.2, -0.15) is 4.31 Å². The van der Waals surface area contributed by atoms with Crippen LogP contribution in [0.4, 0.5) is 11.4 Å². The zero-order valence-electron chi connectivity index (χ0n) is 16.9. The van der Waals surface area contributed by atoms with Crippen LogP contribution in [-0.2, 0) is 21.3 Å². The van der Waals surface area contributed by atoms with Crippen molar-refractivity contribution in [1.82, 2.24) is 4.31 Å². The third-order valence-electron chi connectivity index (χ3n) is 5.01. The molecule has 0 atom stereocenters. The van der Waals surface area contributed by atoms with Crippen LogP contribution in [0.2, 0.25) is 5.02 Å². The van der Waals surface area contributed by atoms with E-state index >= 15 is 0 Å². The molecule has 0 saturated carbocycles. The molecule has 1 aliphatic heterocycles. The number of sulfonamides is 1. The van der Waals surface area contributed by atoms with E-state index in [1.807, 2.05) is 18.2 Å². The number of morpholine rings is 1. The highest BCUT2D eigenvalue weighted by Gasteiger charge is 2.30. The van der Waals surface area contributed by atoms with Gasteiger partial charge in [-0.15, -0.1) is 0 Å². The normalized spacial score (nSPS) is 14.9. The second-order valence-corrected chi connectivity index (χ2v) is 9.42. The standard InChI is InChI=1S/C21H20ClN3O6S/c22-16-3-1-15(2-4-16)20-8-6-18(31-20)14-23-19-7-5-17(25(26)27)13-21(19)32(28,29)24-9-11-30-12-10-24/h1-8,13,23H,9-12,14H2. The number of halogens is 1. The summed E-state index contributed by atoms with van der Waals surface area (Å²) in [6.07, 6.45) is 0. The zero-order chi connectivity index (χ0) is 22.7. The van der Waals surface area contributed by atoms with Crippen LogP contribution in [0.15, 0.2) is 63.9 Å². The first kappa shape index (κ1) is 22.3. The Balaban J connectivity index is 1.58. The third kappa shape index (κ3) is 4.78. The minimum absolute atomic E-state index is 0.155. The Bertz CT molecular complexity index is 1220. The van der Waals surface area contributed by atoms with E-state index in [2.05, 4.69) is 5.32 Å². The number of nitrogens with zero attached hydrogens (tertiary/aromatic N) is 2. The van der Waals surface area contributed by atoms with Crippen LogP contribution in [0.1, 0.15) is 5.76 Å². The predicted molar refractivity (Wildman–Crippen MR) is 119 cm³/mol. The maximum Gasteiger partial charge on any atom is 0.270 e. The van der Waals surface area contributed by atoms with E-state index in [1.165, 1.54) is 16.4 Å². The summed E-state index contributed by atoms with van der Waals surface area (Å²) >= 11 is 5.92. The quantitative estimate of drug-likeness (QED) is 0.401. The fraction of sp³-hybridized carbons (Fsp3) is 0.238. The van der Waals surface area contributed by atoms with Crippen LogP contribution in [0.3, 0.4) is 0 Å². The number of nitro groups is 1. The average Bonchev–Trinajstić information content (AvgIpc) is 3.27. The van der Waals surface area contributed by atoms with Crippen LogP contribution in [0, 0.1) is 10.1 Å². The summed E-state index contributed by atoms with van der Waals surface area (Å²) in [7, 11) is -3.95. The van der Waals surface area contributed by atoms with Crippen molar-refractivity contribution in [3.05, 3.63) is 75.5 Å². The fourth-order valence-corrected chi connectivity index (χ4v) is 5.06. The van der Waals surface area contributed by atoms with Gasteiger partial charge in [0.1, 0.15) is 16.4 Å². The molecular weight excluding hydrogens is 458 g/mol. The lowest BCUT2D eigenvalue weighted by Gasteiger charge is -2.27. The van der Waals surface area contributed by atoms with Crippen molar-refractivity contribution in [2.75, 3.05) is 31.6 Å². The van der Waals surface area contributed by atoms with Crippen molar-refractivity contribution < 1.29 is 22.5 Å². The second kappa shape index (κ2) is 9.29. The summed E-state index contributed by atoms with van der Waals surface area (Å²) < 4.78 is 38.7. The van der Waals surface area contributed by atoms with Gasteiger partial charge in [0.2, 0.25) is 10.0 Å². The van der Waals surface area contributed by atoms with Crippen molar-refractivity contribution in [2.24, 2.45) is 0 Å². The number of nitrogens with one attached hydrogen (secondary N) is 1. The minimum Gasteiger partial charge on any atom is -0.459 e. The molecule has 4 rings (SSSR count). The molecule has 9 nitrogen and oxygen atoms in total. The van der Waals surface area contributed by atoms with E-state index in [9.17, 15) is 18.5 Å². The Morgan fingerprint density at radius 3 is 2.47 bits per heavy atom. The summed E-state index contributed by atoms with van der Waals surface area (Å²) in [5, 5.41) is 14.9. The smallest absolute Gasteiger partial charge is 0.270 e. The number of nitro benzene ring substituents is 1. The van der Waals surface area contributed by atoms with Crippen molar-refractivity contribution >= 4 is 33.0 Å². The Hall–Kier alpha value is -2.92. The Kier molecular flexibility index (Phi) is 6.47. The molecule has 168 valence electrons. The molecule has 0 spiro atoms. The predicted octanol–water partition coefficient (Wildman–Crippen LogP) is 4.14. The number of non-ortho nitro benzene ring substituents is 1. The molecule has 0 bridgehead atoms. The lowest BCUT2D eigenvalue weighted by molar-refractivity contribution is -0.385. The van der Waals surface area contributed by atoms with Crippen molar-refractivity contribution in [3.8, 4) is 11.3 Å². The van der Waals surface area contributed by atoms with Gasteiger partial charge in [-0.25, -0.2) is 8.42 Å². The summed E-state index contributed by atoms with van der Waals surface area (Å²) in [5.74, 6) is 1.21. The van der Waals surface area contributed by atoms with Crippen LogP contribution < -0.4 is 5.32 Å². The second-order valence-electron chi connectivity index (χ2n) is 7.08. The summed E-state index contributed by atoms with van der Waals surface area (Å²) in [6, 6.07) is 14.5. The monoisotopic (exact) mass is 477 g/mol. The highest BCUT2D eigenvalue weighted by molar-refractivity contribution is 7.89. The summed E-state index contributed by atoms with van der Waals surface area (Å²) in [5.41, 5.74) is 0.809. The molecule has 1 fully saturated rings. The van der Waals surface area contributed by atoms with Crippen LogP contribution in [0.5, 0.6) is 0 Å². The average molecular weight is 478 g/mol. The Labute approximate surface area is 189 Å². The molecule has 2 aromatic carbocycles. The van der Waals surface area contributed by atoms with Gasteiger partial charge in [-0.3, -0.25) is 10.1 Å². The minimum atomic E-state index is -3.95. The van der Waals surface area contributed by atoms with Crippen molar-refractivity contribution in [1.29, 1.82) is 0 Å². The number of furan rings is 1. The number of hydrogen-bond acceptors (Lipinski definition) is 7. The summed E-state index contributed by atoms with van der Waals surface area (Å²) in [4.78, 5) is 10.5. The van der Waals surface area contributed by atoms with E-state index in [0.717, 1.165) is 11.6 Å². The van der Waals surface area contributed by atoms with Gasteiger partial charge in [0, 0.05) is 35.8 Å². The molecular formula is C21H20ClN3O6S. The fourth-order valence-electron chi connectivity index (χ4n) is 3.33. The SMILES string of the molecule is O=[N+]([O-])c1ccc(NCc2ccc(-c3ccc(Cl)cc3)o2)c(S(=O)(=O)N2CCOCC2)c1. The maximum atomic E-state index is 13.2. The number of hydrogen-bond donors (Lipinski definition) is 1. The molecule has 32 heavy (non-hydrogen) atoms. The number of ether oxygens (including phenoxy) is 1. The Morgan fingerprint density at radius 2 is 1.78 bits per heavy atom. The zero-order valence-corrected chi connectivity index (χ0v) is 18.4. The molecule has 3 aromatic rings. The molecule has 0 aliphatic carbocycles. The van der Waals surface area contributed by atoms with Crippen molar-refractivity contribution in [2.45, 2.75) is 11.4 Å². The van der Waals surface area contributed by atoms with Crippen LogP contribution >= 0.6 is 11.6 Å². The van der Waals surface area contributed by atoms with Crippen molar-refractivity contribution in [3.63, 3.8) is 0 Å². The highest BCUT2D eigenvalue weighted by atomic mass is 35.5. The van der Waals surface area contributed by atoms with Gasteiger partial charge >= 0.3 is 0 Å². The lowest BCUT2D eigenvalue weighted by atomic mass is 10.2. The third-order valence-corrected chi connectivity index (χ3v) is 7.20. The van der Waals surface area contributed by atoms with Gasteiger partial charge in [-0.05, 0) is 42.5 Å². The highest BCUT2D eigenvalue weighted by Crippen LogP contribution is 2.30. The number of anilines is 1. The molecule has 0 unspecified atom stereocenters. The van der Waals surface area contributed by atoms with Gasteiger partial charge in [-0.1, -0.05) is 11.6 Å².